The Labute approximate surface area is 71.5 Å². The van der Waals surface area contributed by atoms with Crippen LogP contribution >= 0.6 is 0 Å². The Morgan fingerprint density at radius 3 is 3.00 bits per heavy atom. The highest BCUT2D eigenvalue weighted by atomic mass is 15.3. The van der Waals surface area contributed by atoms with Gasteiger partial charge in [0.2, 0.25) is 0 Å². The molecule has 0 radical (unpaired) electrons. The number of nitrogens with zero attached hydrogens (tertiary/aromatic N) is 4. The van der Waals surface area contributed by atoms with E-state index in [1.165, 1.54) is 5.70 Å². The van der Waals surface area contributed by atoms with Crippen LogP contribution in [0.15, 0.2) is 18.7 Å². The molecule has 1 aromatic rings. The van der Waals surface area contributed by atoms with E-state index in [4.69, 9.17) is 0 Å². The van der Waals surface area contributed by atoms with E-state index < -0.39 is 0 Å². The van der Waals surface area contributed by atoms with Crippen LogP contribution in [0.4, 0.5) is 0 Å². The molecule has 0 N–H and O–H groups in total. The van der Waals surface area contributed by atoms with Gasteiger partial charge in [-0.15, -0.1) is 0 Å². The Morgan fingerprint density at radius 2 is 2.42 bits per heavy atom. The van der Waals surface area contributed by atoms with E-state index in [9.17, 15) is 0 Å². The van der Waals surface area contributed by atoms with E-state index in [2.05, 4.69) is 28.1 Å². The molecule has 0 spiro atoms. The molecule has 12 heavy (non-hydrogen) atoms. The third-order valence-electron chi connectivity index (χ3n) is 2.10. The highest BCUT2D eigenvalue weighted by Gasteiger charge is 2.08. The lowest BCUT2D eigenvalue weighted by Gasteiger charge is -2.21. The first-order valence-electron chi connectivity index (χ1n) is 4.09. The third-order valence-corrected chi connectivity index (χ3v) is 2.10. The molecule has 2 heterocycles. The first-order valence-corrected chi connectivity index (χ1v) is 4.09. The van der Waals surface area contributed by atoms with Crippen LogP contribution in [-0.4, -0.2) is 39.8 Å². The molecule has 1 aromatic heterocycles. The first-order chi connectivity index (χ1) is 5.86. The zero-order valence-electron chi connectivity index (χ0n) is 7.14. The molecular weight excluding hydrogens is 152 g/mol. The lowest BCUT2D eigenvalue weighted by Crippen LogP contribution is -2.25. The molecule has 4 nitrogen and oxygen atoms in total. The summed E-state index contributed by atoms with van der Waals surface area (Å²) in [5.41, 5.74) is 1.26. The van der Waals surface area contributed by atoms with Crippen molar-refractivity contribution < 1.29 is 0 Å². The monoisotopic (exact) mass is 164 g/mol. The molecule has 0 bridgehead atoms. The average molecular weight is 164 g/mol. The van der Waals surface area contributed by atoms with Crippen LogP contribution in [0.5, 0.6) is 0 Å². The zero-order chi connectivity index (χ0) is 8.39. The fourth-order valence-corrected chi connectivity index (χ4v) is 1.32. The standard InChI is InChI=1S/C8H12N4/c1-11-4-2-8(3-5-11)12-7-9-6-10-12/h2,6-7H,3-5H2,1H3. The van der Waals surface area contributed by atoms with Crippen LogP contribution in [0.1, 0.15) is 6.42 Å². The quantitative estimate of drug-likeness (QED) is 0.604. The van der Waals surface area contributed by atoms with E-state index in [0.29, 0.717) is 0 Å². The fourth-order valence-electron chi connectivity index (χ4n) is 1.32. The summed E-state index contributed by atoms with van der Waals surface area (Å²) in [7, 11) is 2.12. The number of hydrogen-bond donors (Lipinski definition) is 0. The molecule has 0 unspecified atom stereocenters. The Morgan fingerprint density at radius 1 is 1.50 bits per heavy atom. The lowest BCUT2D eigenvalue weighted by atomic mass is 10.2. The number of hydrogen-bond acceptors (Lipinski definition) is 3. The van der Waals surface area contributed by atoms with E-state index >= 15 is 0 Å². The van der Waals surface area contributed by atoms with Crippen molar-refractivity contribution in [3.63, 3.8) is 0 Å². The first kappa shape index (κ1) is 7.49. The molecule has 4 heteroatoms. The summed E-state index contributed by atoms with van der Waals surface area (Å²) in [4.78, 5) is 6.19. The van der Waals surface area contributed by atoms with Crippen molar-refractivity contribution in [3.05, 3.63) is 18.7 Å². The number of aromatic nitrogens is 3. The molecule has 0 amide bonds. The van der Waals surface area contributed by atoms with Gasteiger partial charge in [-0.2, -0.15) is 5.10 Å². The molecule has 1 aliphatic rings. The second-order valence-corrected chi connectivity index (χ2v) is 3.05. The highest BCUT2D eigenvalue weighted by Crippen LogP contribution is 2.12. The predicted octanol–water partition coefficient (Wildman–Crippen LogP) is 0.455. The molecule has 0 fully saturated rings. The minimum atomic E-state index is 1.01. The molecule has 2 rings (SSSR count). The van der Waals surface area contributed by atoms with Gasteiger partial charge in [-0.05, 0) is 13.1 Å². The van der Waals surface area contributed by atoms with Crippen molar-refractivity contribution in [2.75, 3.05) is 20.1 Å². The van der Waals surface area contributed by atoms with Gasteiger partial charge < -0.3 is 4.90 Å². The Balaban J connectivity index is 2.16. The van der Waals surface area contributed by atoms with E-state index in [-0.39, 0.29) is 0 Å². The van der Waals surface area contributed by atoms with Gasteiger partial charge in [0.25, 0.3) is 0 Å². The lowest BCUT2D eigenvalue weighted by molar-refractivity contribution is 0.365. The van der Waals surface area contributed by atoms with Gasteiger partial charge in [0.1, 0.15) is 12.7 Å². The SMILES string of the molecule is CN1CC=C(n2cncn2)CC1. The van der Waals surface area contributed by atoms with Gasteiger partial charge in [0.05, 0.1) is 0 Å². The highest BCUT2D eigenvalue weighted by molar-refractivity contribution is 5.44. The van der Waals surface area contributed by atoms with E-state index in [1.54, 1.807) is 12.7 Å². The topological polar surface area (TPSA) is 34.0 Å². The van der Waals surface area contributed by atoms with Crippen molar-refractivity contribution in [2.45, 2.75) is 6.42 Å². The summed E-state index contributed by atoms with van der Waals surface area (Å²) >= 11 is 0. The predicted molar refractivity (Wildman–Crippen MR) is 46.4 cm³/mol. The van der Waals surface area contributed by atoms with Gasteiger partial charge >= 0.3 is 0 Å². The van der Waals surface area contributed by atoms with E-state index in [0.717, 1.165) is 19.5 Å². The fraction of sp³-hybridized carbons (Fsp3) is 0.500. The Kier molecular flexibility index (Phi) is 1.91. The molecule has 0 aromatic carbocycles. The summed E-state index contributed by atoms with van der Waals surface area (Å²) in [5.74, 6) is 0. The van der Waals surface area contributed by atoms with Crippen LogP contribution in [-0.2, 0) is 0 Å². The maximum Gasteiger partial charge on any atom is 0.138 e. The van der Waals surface area contributed by atoms with Crippen LogP contribution in [0.3, 0.4) is 0 Å². The Bertz CT molecular complexity index is 275. The molecule has 1 aliphatic heterocycles. The molecular formula is C8H12N4. The van der Waals surface area contributed by atoms with Crippen LogP contribution < -0.4 is 0 Å². The smallest absolute Gasteiger partial charge is 0.138 e. The van der Waals surface area contributed by atoms with Crippen molar-refractivity contribution in [1.82, 2.24) is 19.7 Å². The third kappa shape index (κ3) is 1.38. The maximum atomic E-state index is 4.08. The number of likely N-dealkylation sites (N-methyl/N-ethyl adjacent to an activating group) is 1. The van der Waals surface area contributed by atoms with Crippen LogP contribution in [0, 0.1) is 0 Å². The molecule has 0 atom stereocenters. The summed E-state index contributed by atoms with van der Waals surface area (Å²) < 4.78 is 1.84. The number of rotatable bonds is 1. The molecule has 0 aliphatic carbocycles. The van der Waals surface area contributed by atoms with Gasteiger partial charge in [-0.25, -0.2) is 9.67 Å². The molecule has 0 saturated heterocycles. The van der Waals surface area contributed by atoms with Crippen molar-refractivity contribution >= 4 is 5.70 Å². The zero-order valence-corrected chi connectivity index (χ0v) is 7.14. The molecule has 64 valence electrons. The van der Waals surface area contributed by atoms with Gasteiger partial charge in [-0.1, -0.05) is 0 Å². The Hall–Kier alpha value is -1.16. The summed E-state index contributed by atoms with van der Waals surface area (Å²) in [5, 5.41) is 4.08. The average Bonchev–Trinajstić information content (AvgIpc) is 2.58. The summed E-state index contributed by atoms with van der Waals surface area (Å²) in [6, 6.07) is 0. The van der Waals surface area contributed by atoms with E-state index in [1.807, 2.05) is 4.68 Å². The summed E-state index contributed by atoms with van der Waals surface area (Å²) in [6.45, 7) is 2.11. The van der Waals surface area contributed by atoms with Gasteiger partial charge in [0.15, 0.2) is 0 Å². The molecule has 0 saturated carbocycles. The minimum Gasteiger partial charge on any atom is -0.302 e. The van der Waals surface area contributed by atoms with Gasteiger partial charge in [0, 0.05) is 25.2 Å². The van der Waals surface area contributed by atoms with Crippen molar-refractivity contribution in [2.24, 2.45) is 0 Å². The van der Waals surface area contributed by atoms with Crippen molar-refractivity contribution in [1.29, 1.82) is 0 Å². The van der Waals surface area contributed by atoms with Crippen LogP contribution in [0.25, 0.3) is 5.70 Å². The second-order valence-electron chi connectivity index (χ2n) is 3.05. The van der Waals surface area contributed by atoms with Crippen molar-refractivity contribution in [3.8, 4) is 0 Å². The largest absolute Gasteiger partial charge is 0.302 e. The van der Waals surface area contributed by atoms with Crippen LogP contribution in [0.2, 0.25) is 0 Å². The minimum absolute atomic E-state index is 1.01. The summed E-state index contributed by atoms with van der Waals surface area (Å²) in [6.07, 6.45) is 6.56. The van der Waals surface area contributed by atoms with Gasteiger partial charge in [-0.3, -0.25) is 0 Å². The normalized spacial score (nSPS) is 19.2. The second kappa shape index (κ2) is 3.06. The maximum absolute atomic E-state index is 4.08.